The van der Waals surface area contributed by atoms with Gasteiger partial charge >= 0.3 is 0 Å². The second kappa shape index (κ2) is 7.86. The summed E-state index contributed by atoms with van der Waals surface area (Å²) in [6, 6.07) is 11.6. The smallest absolute Gasteiger partial charge is 0.258 e. The molecule has 4 heteroatoms. The Bertz CT molecular complexity index is 1110. The van der Waals surface area contributed by atoms with Crippen LogP contribution in [0.2, 0.25) is 0 Å². The summed E-state index contributed by atoms with van der Waals surface area (Å²) >= 11 is 0. The third-order valence-corrected chi connectivity index (χ3v) is 5.12. The number of fused-ring (bicyclic) bond motifs is 1. The highest BCUT2D eigenvalue weighted by Gasteiger charge is 2.15. The lowest BCUT2D eigenvalue weighted by molar-refractivity contribution is -0.115. The molecule has 0 aliphatic carbocycles. The van der Waals surface area contributed by atoms with Gasteiger partial charge < -0.3 is 9.88 Å². The minimum Gasteiger partial charge on any atom is -0.325 e. The van der Waals surface area contributed by atoms with Crippen LogP contribution in [-0.2, 0) is 17.8 Å². The highest BCUT2D eigenvalue weighted by molar-refractivity contribution is 6.02. The van der Waals surface area contributed by atoms with Gasteiger partial charge in [-0.05, 0) is 61.1 Å². The van der Waals surface area contributed by atoms with E-state index < -0.39 is 0 Å². The van der Waals surface area contributed by atoms with Gasteiger partial charge in [-0.2, -0.15) is 0 Å². The number of pyridine rings is 1. The predicted molar refractivity (Wildman–Crippen MR) is 121 cm³/mol. The van der Waals surface area contributed by atoms with Crippen molar-refractivity contribution < 1.29 is 4.79 Å². The zero-order valence-electron chi connectivity index (χ0n) is 18.2. The molecule has 0 radical (unpaired) electrons. The Morgan fingerprint density at radius 2 is 1.66 bits per heavy atom. The summed E-state index contributed by atoms with van der Waals surface area (Å²) in [5.74, 6) is -0.0774. The topological polar surface area (TPSA) is 51.1 Å². The van der Waals surface area contributed by atoms with Gasteiger partial charge in [-0.1, -0.05) is 44.5 Å². The highest BCUT2D eigenvalue weighted by Crippen LogP contribution is 2.23. The number of amides is 1. The lowest BCUT2D eigenvalue weighted by atomic mass is 9.96. The second-order valence-electron chi connectivity index (χ2n) is 9.18. The van der Waals surface area contributed by atoms with E-state index in [0.717, 1.165) is 22.1 Å². The number of rotatable bonds is 4. The molecule has 3 aromatic rings. The first-order chi connectivity index (χ1) is 13.5. The van der Waals surface area contributed by atoms with Crippen LogP contribution in [0, 0.1) is 26.2 Å². The minimum atomic E-state index is -0.0774. The van der Waals surface area contributed by atoms with E-state index in [9.17, 15) is 9.59 Å². The molecule has 0 atom stereocenters. The number of anilines is 1. The standard InChI is InChI=1S/C25H30N2O2/c1-16-12-17(2)21(18(3)13-16)14-23(28)26-22-9-7-8-20-19(22)10-11-27(24(20)29)15-25(4,5)6/h7-13H,14-15H2,1-6H3,(H,26,28). The maximum absolute atomic E-state index is 12.9. The van der Waals surface area contributed by atoms with Crippen LogP contribution in [0.4, 0.5) is 5.69 Å². The van der Waals surface area contributed by atoms with E-state index in [-0.39, 0.29) is 16.9 Å². The summed E-state index contributed by atoms with van der Waals surface area (Å²) in [6.07, 6.45) is 2.13. The number of benzene rings is 2. The molecule has 152 valence electrons. The van der Waals surface area contributed by atoms with Crippen LogP contribution in [0.5, 0.6) is 0 Å². The van der Waals surface area contributed by atoms with Crippen LogP contribution in [0.1, 0.15) is 43.0 Å². The Morgan fingerprint density at radius 1 is 1.00 bits per heavy atom. The third-order valence-electron chi connectivity index (χ3n) is 5.12. The van der Waals surface area contributed by atoms with E-state index >= 15 is 0 Å². The number of hydrogen-bond donors (Lipinski definition) is 1. The van der Waals surface area contributed by atoms with Crippen molar-refractivity contribution in [3.05, 3.63) is 75.2 Å². The maximum Gasteiger partial charge on any atom is 0.258 e. The molecule has 0 fully saturated rings. The van der Waals surface area contributed by atoms with Crippen LogP contribution < -0.4 is 10.9 Å². The second-order valence-corrected chi connectivity index (χ2v) is 9.18. The molecular weight excluding hydrogens is 360 g/mol. The molecule has 2 aromatic carbocycles. The van der Waals surface area contributed by atoms with E-state index in [1.54, 1.807) is 4.57 Å². The van der Waals surface area contributed by atoms with Crippen LogP contribution in [0.15, 0.2) is 47.4 Å². The average Bonchev–Trinajstić information content (AvgIpc) is 2.60. The Hall–Kier alpha value is -2.88. The first kappa shape index (κ1) is 20.8. The van der Waals surface area contributed by atoms with Crippen LogP contribution in [0.25, 0.3) is 10.8 Å². The lowest BCUT2D eigenvalue weighted by Gasteiger charge is -2.20. The summed E-state index contributed by atoms with van der Waals surface area (Å²) in [7, 11) is 0. The summed E-state index contributed by atoms with van der Waals surface area (Å²) < 4.78 is 1.74. The molecule has 0 saturated heterocycles. The molecular formula is C25H30N2O2. The van der Waals surface area contributed by atoms with Gasteiger partial charge in [0.1, 0.15) is 0 Å². The van der Waals surface area contributed by atoms with E-state index in [1.807, 2.05) is 44.3 Å². The Labute approximate surface area is 172 Å². The Kier molecular flexibility index (Phi) is 5.65. The van der Waals surface area contributed by atoms with Gasteiger partial charge in [0.25, 0.3) is 5.56 Å². The highest BCUT2D eigenvalue weighted by atomic mass is 16.1. The van der Waals surface area contributed by atoms with Gasteiger partial charge in [0.05, 0.1) is 6.42 Å². The fraction of sp³-hybridized carbons (Fsp3) is 0.360. The Morgan fingerprint density at radius 3 is 2.28 bits per heavy atom. The number of hydrogen-bond acceptors (Lipinski definition) is 2. The van der Waals surface area contributed by atoms with Crippen molar-refractivity contribution in [2.45, 2.75) is 54.5 Å². The Balaban J connectivity index is 1.90. The summed E-state index contributed by atoms with van der Waals surface area (Å²) in [5.41, 5.74) is 5.16. The van der Waals surface area contributed by atoms with Crippen molar-refractivity contribution in [1.29, 1.82) is 0 Å². The monoisotopic (exact) mass is 390 g/mol. The summed E-state index contributed by atoms with van der Waals surface area (Å²) in [6.45, 7) is 13.1. The summed E-state index contributed by atoms with van der Waals surface area (Å²) in [4.78, 5) is 25.7. The fourth-order valence-electron chi connectivity index (χ4n) is 3.91. The molecule has 1 aromatic heterocycles. The van der Waals surface area contributed by atoms with E-state index in [4.69, 9.17) is 0 Å². The van der Waals surface area contributed by atoms with E-state index in [1.165, 1.54) is 5.56 Å². The van der Waals surface area contributed by atoms with Gasteiger partial charge in [0.15, 0.2) is 0 Å². The van der Waals surface area contributed by atoms with Crippen molar-refractivity contribution in [3.63, 3.8) is 0 Å². The van der Waals surface area contributed by atoms with Gasteiger partial charge in [0, 0.05) is 29.2 Å². The van der Waals surface area contributed by atoms with Gasteiger partial charge in [0.2, 0.25) is 5.91 Å². The van der Waals surface area contributed by atoms with Gasteiger partial charge in [-0.3, -0.25) is 9.59 Å². The number of carbonyl (C=O) groups excluding carboxylic acids is 1. The number of aryl methyl sites for hydroxylation is 3. The molecule has 0 saturated carbocycles. The van der Waals surface area contributed by atoms with Crippen LogP contribution >= 0.6 is 0 Å². The van der Waals surface area contributed by atoms with Crippen molar-refractivity contribution in [2.24, 2.45) is 5.41 Å². The first-order valence-corrected chi connectivity index (χ1v) is 10.0. The van der Waals surface area contributed by atoms with Crippen LogP contribution in [0.3, 0.4) is 0 Å². The van der Waals surface area contributed by atoms with Crippen molar-refractivity contribution >= 4 is 22.4 Å². The zero-order chi connectivity index (χ0) is 21.3. The molecule has 0 bridgehead atoms. The fourth-order valence-corrected chi connectivity index (χ4v) is 3.91. The van der Waals surface area contributed by atoms with E-state index in [2.05, 4.69) is 45.1 Å². The van der Waals surface area contributed by atoms with Crippen molar-refractivity contribution in [2.75, 3.05) is 5.32 Å². The normalized spacial score (nSPS) is 11.7. The van der Waals surface area contributed by atoms with Crippen molar-refractivity contribution in [1.82, 2.24) is 4.57 Å². The molecule has 1 amide bonds. The molecule has 1 heterocycles. The molecule has 3 rings (SSSR count). The van der Waals surface area contributed by atoms with Crippen LogP contribution in [-0.4, -0.2) is 10.5 Å². The molecule has 0 aliphatic rings. The molecule has 29 heavy (non-hydrogen) atoms. The molecule has 4 nitrogen and oxygen atoms in total. The number of nitrogens with zero attached hydrogens (tertiary/aromatic N) is 1. The first-order valence-electron chi connectivity index (χ1n) is 10.0. The summed E-state index contributed by atoms with van der Waals surface area (Å²) in [5, 5.41) is 4.40. The number of nitrogens with one attached hydrogen (secondary N) is 1. The molecule has 1 N–H and O–H groups in total. The van der Waals surface area contributed by atoms with Crippen molar-refractivity contribution in [3.8, 4) is 0 Å². The largest absolute Gasteiger partial charge is 0.325 e. The van der Waals surface area contributed by atoms with Gasteiger partial charge in [-0.25, -0.2) is 0 Å². The average molecular weight is 391 g/mol. The quantitative estimate of drug-likeness (QED) is 0.669. The van der Waals surface area contributed by atoms with E-state index in [0.29, 0.717) is 24.0 Å². The lowest BCUT2D eigenvalue weighted by Crippen LogP contribution is -2.26. The SMILES string of the molecule is Cc1cc(C)c(CC(=O)Nc2cccc3c(=O)n(CC(C)(C)C)ccc23)c(C)c1. The zero-order valence-corrected chi connectivity index (χ0v) is 18.2. The third kappa shape index (κ3) is 4.76. The molecule has 0 unspecified atom stereocenters. The predicted octanol–water partition coefficient (Wildman–Crippen LogP) is 5.15. The molecule has 0 aliphatic heterocycles. The maximum atomic E-state index is 12.9. The minimum absolute atomic E-state index is 0.00703. The number of carbonyl (C=O) groups is 1. The number of aromatic nitrogens is 1. The van der Waals surface area contributed by atoms with Gasteiger partial charge in [-0.15, -0.1) is 0 Å². The molecule has 0 spiro atoms.